The van der Waals surface area contributed by atoms with Gasteiger partial charge in [0.05, 0.1) is 22.4 Å². The lowest BCUT2D eigenvalue weighted by Gasteiger charge is -2.41. The van der Waals surface area contributed by atoms with Crippen molar-refractivity contribution in [2.24, 2.45) is 0 Å². The van der Waals surface area contributed by atoms with Gasteiger partial charge in [-0.2, -0.15) is 0 Å². The van der Waals surface area contributed by atoms with Crippen LogP contribution in [0.25, 0.3) is 10.2 Å². The SMILES string of the molecule is CC1=CC2(CCN(C(=O)c3nc4ccccc4s3)CC2)OCC1. The molecule has 1 aromatic carbocycles. The smallest absolute Gasteiger partial charge is 0.282 e. The zero-order chi connectivity index (χ0) is 15.9. The second-order valence-electron chi connectivity index (χ2n) is 6.43. The molecule has 0 saturated carbocycles. The van der Waals surface area contributed by atoms with Crippen molar-refractivity contribution < 1.29 is 9.53 Å². The van der Waals surface area contributed by atoms with Crippen LogP contribution in [0, 0.1) is 0 Å². The van der Waals surface area contributed by atoms with Gasteiger partial charge in [0.15, 0.2) is 5.01 Å². The lowest BCUT2D eigenvalue weighted by atomic mass is 9.87. The Kier molecular flexibility index (Phi) is 3.70. The summed E-state index contributed by atoms with van der Waals surface area (Å²) < 4.78 is 7.10. The van der Waals surface area contributed by atoms with Crippen molar-refractivity contribution in [2.45, 2.75) is 31.8 Å². The van der Waals surface area contributed by atoms with Gasteiger partial charge in [-0.1, -0.05) is 23.8 Å². The minimum absolute atomic E-state index is 0.0533. The minimum Gasteiger partial charge on any atom is -0.370 e. The first-order valence-electron chi connectivity index (χ1n) is 8.12. The summed E-state index contributed by atoms with van der Waals surface area (Å²) >= 11 is 1.48. The number of likely N-dealkylation sites (tertiary alicyclic amines) is 1. The van der Waals surface area contributed by atoms with Crippen molar-refractivity contribution >= 4 is 27.5 Å². The monoisotopic (exact) mass is 328 g/mol. The van der Waals surface area contributed by atoms with E-state index in [1.54, 1.807) is 0 Å². The number of benzene rings is 1. The minimum atomic E-state index is -0.146. The van der Waals surface area contributed by atoms with E-state index >= 15 is 0 Å². The topological polar surface area (TPSA) is 42.4 Å². The van der Waals surface area contributed by atoms with Crippen molar-refractivity contribution in [3.8, 4) is 0 Å². The Hall–Kier alpha value is -1.72. The number of ether oxygens (including phenoxy) is 1. The maximum absolute atomic E-state index is 12.7. The molecule has 2 aliphatic heterocycles. The third kappa shape index (κ3) is 2.79. The van der Waals surface area contributed by atoms with Crippen LogP contribution in [0.2, 0.25) is 0 Å². The summed E-state index contributed by atoms with van der Waals surface area (Å²) in [6.07, 6.45) is 5.05. The third-order valence-corrected chi connectivity index (χ3v) is 5.79. The van der Waals surface area contributed by atoms with E-state index in [-0.39, 0.29) is 11.5 Å². The summed E-state index contributed by atoms with van der Waals surface area (Å²) in [5, 5.41) is 0.596. The lowest BCUT2D eigenvalue weighted by Crippen LogP contribution is -2.48. The van der Waals surface area contributed by atoms with Gasteiger partial charge in [-0.3, -0.25) is 4.79 Å². The molecule has 4 nitrogen and oxygen atoms in total. The zero-order valence-corrected chi connectivity index (χ0v) is 14.1. The van der Waals surface area contributed by atoms with Crippen molar-refractivity contribution in [2.75, 3.05) is 19.7 Å². The summed E-state index contributed by atoms with van der Waals surface area (Å²) in [5.74, 6) is 0.0533. The second-order valence-corrected chi connectivity index (χ2v) is 7.46. The van der Waals surface area contributed by atoms with Gasteiger partial charge in [0.2, 0.25) is 0 Å². The van der Waals surface area contributed by atoms with Gasteiger partial charge >= 0.3 is 0 Å². The number of carbonyl (C=O) groups excluding carboxylic acids is 1. The highest BCUT2D eigenvalue weighted by Gasteiger charge is 2.37. The fraction of sp³-hybridized carbons (Fsp3) is 0.444. The van der Waals surface area contributed by atoms with Crippen molar-refractivity contribution in [3.05, 3.63) is 40.9 Å². The van der Waals surface area contributed by atoms with Gasteiger partial charge in [-0.25, -0.2) is 4.98 Å². The quantitative estimate of drug-likeness (QED) is 0.751. The van der Waals surface area contributed by atoms with E-state index in [0.29, 0.717) is 5.01 Å². The molecule has 0 N–H and O–H groups in total. The average Bonchev–Trinajstić information content (AvgIpc) is 2.99. The molecule has 1 fully saturated rings. The van der Waals surface area contributed by atoms with Gasteiger partial charge in [-0.15, -0.1) is 11.3 Å². The average molecular weight is 328 g/mol. The number of hydrogen-bond acceptors (Lipinski definition) is 4. The molecular weight excluding hydrogens is 308 g/mol. The van der Waals surface area contributed by atoms with Gasteiger partial charge in [0.25, 0.3) is 5.91 Å². The van der Waals surface area contributed by atoms with Crippen LogP contribution in [0.1, 0.15) is 36.0 Å². The molecule has 0 bridgehead atoms. The Balaban J connectivity index is 1.49. The van der Waals surface area contributed by atoms with Crippen molar-refractivity contribution in [1.82, 2.24) is 9.88 Å². The molecule has 2 aliphatic rings. The fourth-order valence-corrected chi connectivity index (χ4v) is 4.39. The first kappa shape index (κ1) is 14.8. The van der Waals surface area contributed by atoms with E-state index in [0.717, 1.165) is 49.2 Å². The normalized spacial score (nSPS) is 20.7. The van der Waals surface area contributed by atoms with Crippen LogP contribution in [0.4, 0.5) is 0 Å². The number of fused-ring (bicyclic) bond motifs is 1. The largest absolute Gasteiger partial charge is 0.370 e. The molecule has 0 unspecified atom stereocenters. The standard InChI is InChI=1S/C18H20N2O2S/c1-13-6-11-22-18(12-13)7-9-20(10-8-18)17(21)16-19-14-4-2-3-5-15(14)23-16/h2-5,12H,6-11H2,1H3. The summed E-state index contributed by atoms with van der Waals surface area (Å²) in [7, 11) is 0. The van der Waals surface area contributed by atoms with Crippen molar-refractivity contribution in [3.63, 3.8) is 0 Å². The number of piperidine rings is 1. The molecular formula is C18H20N2O2S. The van der Waals surface area contributed by atoms with Crippen LogP contribution >= 0.6 is 11.3 Å². The molecule has 0 radical (unpaired) electrons. The van der Waals surface area contributed by atoms with Crippen LogP contribution in [0.3, 0.4) is 0 Å². The van der Waals surface area contributed by atoms with E-state index in [2.05, 4.69) is 18.0 Å². The van der Waals surface area contributed by atoms with Crippen LogP contribution < -0.4 is 0 Å². The Morgan fingerprint density at radius 1 is 1.30 bits per heavy atom. The number of aromatic nitrogens is 1. The number of rotatable bonds is 1. The maximum atomic E-state index is 12.7. The molecule has 2 aromatic rings. The molecule has 0 aliphatic carbocycles. The molecule has 1 spiro atoms. The molecule has 120 valence electrons. The highest BCUT2D eigenvalue weighted by Crippen LogP contribution is 2.34. The number of hydrogen-bond donors (Lipinski definition) is 0. The molecule has 1 amide bonds. The number of carbonyl (C=O) groups is 1. The molecule has 0 atom stereocenters. The summed E-state index contributed by atoms with van der Waals surface area (Å²) in [6, 6.07) is 7.90. The highest BCUT2D eigenvalue weighted by molar-refractivity contribution is 7.20. The van der Waals surface area contributed by atoms with Gasteiger partial charge in [0, 0.05) is 13.1 Å². The Bertz CT molecular complexity index is 739. The Morgan fingerprint density at radius 2 is 2.09 bits per heavy atom. The lowest BCUT2D eigenvalue weighted by molar-refractivity contribution is -0.0522. The fourth-order valence-electron chi connectivity index (χ4n) is 3.45. The Labute approximate surface area is 139 Å². The first-order valence-corrected chi connectivity index (χ1v) is 8.94. The second kappa shape index (κ2) is 5.73. The predicted molar refractivity (Wildman–Crippen MR) is 91.8 cm³/mol. The maximum Gasteiger partial charge on any atom is 0.282 e. The summed E-state index contributed by atoms with van der Waals surface area (Å²) in [6.45, 7) is 4.44. The number of thiazole rings is 1. The van der Waals surface area contributed by atoms with E-state index in [1.807, 2.05) is 29.2 Å². The molecule has 5 heteroatoms. The van der Waals surface area contributed by atoms with Crippen LogP contribution in [0.15, 0.2) is 35.9 Å². The zero-order valence-electron chi connectivity index (χ0n) is 13.2. The van der Waals surface area contributed by atoms with E-state index < -0.39 is 0 Å². The van der Waals surface area contributed by atoms with Crippen LogP contribution in [-0.4, -0.2) is 41.1 Å². The molecule has 1 saturated heterocycles. The number of amides is 1. The number of para-hydroxylation sites is 1. The number of nitrogens with zero attached hydrogens (tertiary/aromatic N) is 2. The van der Waals surface area contributed by atoms with Crippen LogP contribution in [0.5, 0.6) is 0 Å². The highest BCUT2D eigenvalue weighted by atomic mass is 32.1. The molecule has 23 heavy (non-hydrogen) atoms. The third-order valence-electron chi connectivity index (χ3n) is 4.77. The van der Waals surface area contributed by atoms with E-state index in [1.165, 1.54) is 16.9 Å². The van der Waals surface area contributed by atoms with Crippen molar-refractivity contribution in [1.29, 1.82) is 0 Å². The Morgan fingerprint density at radius 3 is 2.83 bits per heavy atom. The first-order chi connectivity index (χ1) is 11.2. The summed E-state index contributed by atoms with van der Waals surface area (Å²) in [5.41, 5.74) is 2.16. The van der Waals surface area contributed by atoms with Gasteiger partial charge < -0.3 is 9.64 Å². The predicted octanol–water partition coefficient (Wildman–Crippen LogP) is 3.64. The van der Waals surface area contributed by atoms with E-state index in [4.69, 9.17) is 4.74 Å². The van der Waals surface area contributed by atoms with E-state index in [9.17, 15) is 4.79 Å². The van der Waals surface area contributed by atoms with Crippen LogP contribution in [-0.2, 0) is 4.74 Å². The van der Waals surface area contributed by atoms with Gasteiger partial charge in [-0.05, 0) is 38.3 Å². The molecule has 3 heterocycles. The molecule has 4 rings (SSSR count). The van der Waals surface area contributed by atoms with Gasteiger partial charge in [0.1, 0.15) is 0 Å². The summed E-state index contributed by atoms with van der Waals surface area (Å²) in [4.78, 5) is 19.1. The molecule has 1 aromatic heterocycles.